The minimum absolute atomic E-state index is 0.136. The summed E-state index contributed by atoms with van der Waals surface area (Å²) in [5.41, 5.74) is 10.4. The Balaban J connectivity index is 2.28. The number of nitrogens with zero attached hydrogens (tertiary/aromatic N) is 1. The van der Waals surface area contributed by atoms with Crippen LogP contribution in [0.5, 0.6) is 0 Å². The maximum Gasteiger partial charge on any atom is 0.126 e. The van der Waals surface area contributed by atoms with Crippen molar-refractivity contribution in [2.24, 2.45) is 5.84 Å². The molecule has 4 nitrogen and oxygen atoms in total. The number of hydrogen-bond donors (Lipinski definition) is 3. The Morgan fingerprint density at radius 3 is 2.47 bits per heavy atom. The minimum atomic E-state index is -0.136. The molecule has 0 amide bonds. The van der Waals surface area contributed by atoms with E-state index in [4.69, 9.17) is 34.8 Å². The normalized spacial score (nSPS) is 12.4. The van der Waals surface area contributed by atoms with E-state index in [2.05, 4.69) is 10.4 Å². The van der Waals surface area contributed by atoms with Crippen LogP contribution in [-0.4, -0.2) is 4.98 Å². The van der Waals surface area contributed by atoms with E-state index in [1.54, 1.807) is 12.3 Å². The van der Waals surface area contributed by atoms with Crippen molar-refractivity contribution < 1.29 is 0 Å². The van der Waals surface area contributed by atoms with Gasteiger partial charge < -0.3 is 5.73 Å². The summed E-state index contributed by atoms with van der Waals surface area (Å²) in [7, 11) is 0. The van der Waals surface area contributed by atoms with Gasteiger partial charge >= 0.3 is 0 Å². The molecule has 1 atom stereocenters. The van der Waals surface area contributed by atoms with Crippen LogP contribution in [-0.2, 0) is 6.42 Å². The molecule has 0 spiro atoms. The molecule has 100 valence electrons. The summed E-state index contributed by atoms with van der Waals surface area (Å²) >= 11 is 12.0. The van der Waals surface area contributed by atoms with Gasteiger partial charge in [-0.1, -0.05) is 29.3 Å². The lowest BCUT2D eigenvalue weighted by Gasteiger charge is -2.17. The summed E-state index contributed by atoms with van der Waals surface area (Å²) in [6.45, 7) is 0. The van der Waals surface area contributed by atoms with Gasteiger partial charge in [-0.2, -0.15) is 0 Å². The number of anilines is 1. The fourth-order valence-electron chi connectivity index (χ4n) is 1.89. The summed E-state index contributed by atoms with van der Waals surface area (Å²) < 4.78 is 0. The summed E-state index contributed by atoms with van der Waals surface area (Å²) in [5, 5.41) is 1.14. The van der Waals surface area contributed by atoms with Gasteiger partial charge in [0.2, 0.25) is 0 Å². The van der Waals surface area contributed by atoms with Crippen molar-refractivity contribution in [2.45, 2.75) is 12.5 Å². The lowest BCUT2D eigenvalue weighted by atomic mass is 10.00. The Morgan fingerprint density at radius 1 is 1.21 bits per heavy atom. The molecule has 0 bridgehead atoms. The van der Waals surface area contributed by atoms with Gasteiger partial charge in [-0.05, 0) is 41.8 Å². The van der Waals surface area contributed by atoms with Crippen molar-refractivity contribution in [1.29, 1.82) is 0 Å². The number of nitrogens with two attached hydrogens (primary N) is 2. The molecule has 2 aromatic rings. The van der Waals surface area contributed by atoms with E-state index in [1.165, 1.54) is 0 Å². The Morgan fingerprint density at radius 2 is 1.89 bits per heavy atom. The van der Waals surface area contributed by atoms with E-state index >= 15 is 0 Å². The largest absolute Gasteiger partial charge is 0.383 e. The molecule has 1 unspecified atom stereocenters. The second kappa shape index (κ2) is 6.21. The number of aromatic nitrogens is 1. The van der Waals surface area contributed by atoms with Gasteiger partial charge in [0.15, 0.2) is 0 Å². The van der Waals surface area contributed by atoms with Gasteiger partial charge in [-0.3, -0.25) is 11.3 Å². The van der Waals surface area contributed by atoms with Crippen LogP contribution in [0.4, 0.5) is 5.82 Å². The quantitative estimate of drug-likeness (QED) is 0.599. The molecule has 0 aliphatic heterocycles. The first-order chi connectivity index (χ1) is 9.10. The average molecular weight is 297 g/mol. The zero-order chi connectivity index (χ0) is 13.8. The van der Waals surface area contributed by atoms with E-state index in [0.717, 1.165) is 11.1 Å². The molecular formula is C13H14Cl2N4. The molecule has 19 heavy (non-hydrogen) atoms. The van der Waals surface area contributed by atoms with E-state index in [1.807, 2.05) is 24.3 Å². The summed E-state index contributed by atoms with van der Waals surface area (Å²) in [5.74, 6) is 6.10. The van der Waals surface area contributed by atoms with Gasteiger partial charge in [-0.15, -0.1) is 0 Å². The highest BCUT2D eigenvalue weighted by Gasteiger charge is 2.14. The van der Waals surface area contributed by atoms with Crippen LogP contribution in [0.15, 0.2) is 36.5 Å². The fraction of sp³-hybridized carbons (Fsp3) is 0.154. The maximum atomic E-state index is 6.00. The van der Waals surface area contributed by atoms with E-state index in [0.29, 0.717) is 22.3 Å². The van der Waals surface area contributed by atoms with Crippen molar-refractivity contribution in [3.63, 3.8) is 0 Å². The molecule has 0 radical (unpaired) electrons. The Bertz CT molecular complexity index is 554. The summed E-state index contributed by atoms with van der Waals surface area (Å²) in [6, 6.07) is 8.94. The third kappa shape index (κ3) is 3.58. The second-order valence-corrected chi connectivity index (χ2v) is 5.05. The number of halogens is 2. The van der Waals surface area contributed by atoms with Crippen molar-refractivity contribution in [2.75, 3.05) is 5.73 Å². The smallest absolute Gasteiger partial charge is 0.126 e. The predicted molar refractivity (Wildman–Crippen MR) is 78.9 cm³/mol. The molecule has 1 aromatic carbocycles. The van der Waals surface area contributed by atoms with Crippen LogP contribution in [0.25, 0.3) is 0 Å². The molecule has 0 aliphatic rings. The molecule has 1 aromatic heterocycles. The molecule has 0 saturated carbocycles. The van der Waals surface area contributed by atoms with Crippen LogP contribution >= 0.6 is 23.2 Å². The van der Waals surface area contributed by atoms with Gasteiger partial charge in [0.25, 0.3) is 0 Å². The van der Waals surface area contributed by atoms with Crippen molar-refractivity contribution in [3.8, 4) is 0 Å². The van der Waals surface area contributed by atoms with Crippen LogP contribution in [0.3, 0.4) is 0 Å². The fourth-order valence-corrected chi connectivity index (χ4v) is 2.44. The topological polar surface area (TPSA) is 77.0 Å². The van der Waals surface area contributed by atoms with Crippen molar-refractivity contribution >= 4 is 29.0 Å². The van der Waals surface area contributed by atoms with Crippen LogP contribution < -0.4 is 17.0 Å². The molecular weight excluding hydrogens is 283 g/mol. The minimum Gasteiger partial charge on any atom is -0.383 e. The standard InChI is InChI=1S/C13H14Cl2N4/c14-10-4-9(5-11(15)7-10)12(19-17)6-8-2-1-3-18-13(8)16/h1-5,7,12,19H,6,17H2,(H2,16,18). The average Bonchev–Trinajstić information content (AvgIpc) is 2.36. The first kappa shape index (κ1) is 14.1. The maximum absolute atomic E-state index is 6.00. The number of benzene rings is 1. The Labute approximate surface area is 121 Å². The highest BCUT2D eigenvalue weighted by Crippen LogP contribution is 2.26. The molecule has 1 heterocycles. The number of pyridine rings is 1. The third-order valence-electron chi connectivity index (χ3n) is 2.84. The number of rotatable bonds is 4. The van der Waals surface area contributed by atoms with Crippen LogP contribution in [0.2, 0.25) is 10.0 Å². The molecule has 6 heteroatoms. The number of hydrazine groups is 1. The monoisotopic (exact) mass is 296 g/mol. The zero-order valence-electron chi connectivity index (χ0n) is 10.1. The Kier molecular flexibility index (Phi) is 4.61. The second-order valence-electron chi connectivity index (χ2n) is 4.17. The summed E-state index contributed by atoms with van der Waals surface area (Å²) in [4.78, 5) is 4.05. The highest BCUT2D eigenvalue weighted by molar-refractivity contribution is 6.34. The van der Waals surface area contributed by atoms with Gasteiger partial charge in [0.05, 0.1) is 6.04 Å². The molecule has 0 fully saturated rings. The SMILES string of the molecule is NNC(Cc1cccnc1N)c1cc(Cl)cc(Cl)c1. The number of hydrogen-bond acceptors (Lipinski definition) is 4. The van der Waals surface area contributed by atoms with Gasteiger partial charge in [0, 0.05) is 16.2 Å². The van der Waals surface area contributed by atoms with E-state index in [9.17, 15) is 0 Å². The van der Waals surface area contributed by atoms with E-state index < -0.39 is 0 Å². The van der Waals surface area contributed by atoms with Crippen molar-refractivity contribution in [3.05, 3.63) is 57.7 Å². The lowest BCUT2D eigenvalue weighted by Crippen LogP contribution is -2.29. The number of nitrogens with one attached hydrogen (secondary N) is 1. The summed E-state index contributed by atoms with van der Waals surface area (Å²) in [6.07, 6.45) is 2.26. The predicted octanol–water partition coefficient (Wildman–Crippen LogP) is 2.72. The van der Waals surface area contributed by atoms with Gasteiger partial charge in [0.1, 0.15) is 5.82 Å². The van der Waals surface area contributed by atoms with Crippen LogP contribution in [0.1, 0.15) is 17.2 Å². The van der Waals surface area contributed by atoms with Gasteiger partial charge in [-0.25, -0.2) is 4.98 Å². The molecule has 2 rings (SSSR count). The first-order valence-electron chi connectivity index (χ1n) is 5.71. The highest BCUT2D eigenvalue weighted by atomic mass is 35.5. The molecule has 0 aliphatic carbocycles. The molecule has 5 N–H and O–H groups in total. The first-order valence-corrected chi connectivity index (χ1v) is 6.47. The molecule has 0 saturated heterocycles. The Hall–Kier alpha value is -1.33. The zero-order valence-corrected chi connectivity index (χ0v) is 11.6. The van der Waals surface area contributed by atoms with Crippen LogP contribution in [0, 0.1) is 0 Å². The lowest BCUT2D eigenvalue weighted by molar-refractivity contribution is 0.552. The third-order valence-corrected chi connectivity index (χ3v) is 3.28. The van der Waals surface area contributed by atoms with Crippen molar-refractivity contribution in [1.82, 2.24) is 10.4 Å². The van der Waals surface area contributed by atoms with E-state index in [-0.39, 0.29) is 6.04 Å². The number of nitrogen functional groups attached to an aromatic ring is 1.